The fraction of sp³-hybridized carbons (Fsp3) is 0.417. The van der Waals surface area contributed by atoms with Crippen LogP contribution in [0.5, 0.6) is 0 Å². The summed E-state index contributed by atoms with van der Waals surface area (Å²) in [7, 11) is 0. The van der Waals surface area contributed by atoms with E-state index in [1.807, 2.05) is 0 Å². The highest BCUT2D eigenvalue weighted by Gasteiger charge is 2.09. The zero-order valence-electron chi connectivity index (χ0n) is 10.1. The van der Waals surface area contributed by atoms with Crippen molar-refractivity contribution >= 4 is 18.3 Å². The van der Waals surface area contributed by atoms with Crippen LogP contribution in [0.2, 0.25) is 0 Å². The van der Waals surface area contributed by atoms with Gasteiger partial charge in [0.05, 0.1) is 0 Å². The van der Waals surface area contributed by atoms with Crippen LogP contribution < -0.4 is 11.1 Å². The maximum absolute atomic E-state index is 12.9. The highest BCUT2D eigenvalue weighted by molar-refractivity contribution is 5.85. The van der Waals surface area contributed by atoms with E-state index in [4.69, 9.17) is 5.73 Å². The second-order valence-electron chi connectivity index (χ2n) is 3.96. The molecule has 1 aromatic carbocycles. The molecule has 102 valence electrons. The van der Waals surface area contributed by atoms with Gasteiger partial charge in [-0.1, -0.05) is 6.92 Å². The summed E-state index contributed by atoms with van der Waals surface area (Å²) in [6, 6.07) is 3.32. The van der Waals surface area contributed by atoms with Crippen molar-refractivity contribution in [1.82, 2.24) is 5.32 Å². The third-order valence-corrected chi connectivity index (χ3v) is 2.44. The van der Waals surface area contributed by atoms with E-state index in [1.54, 1.807) is 6.92 Å². The van der Waals surface area contributed by atoms with E-state index in [2.05, 4.69) is 5.32 Å². The quantitative estimate of drug-likeness (QED) is 0.860. The first-order chi connectivity index (χ1) is 8.02. The third-order valence-electron chi connectivity index (χ3n) is 2.44. The Labute approximate surface area is 111 Å². The molecule has 1 atom stereocenters. The molecule has 0 radical (unpaired) electrons. The Balaban J connectivity index is 0.00000289. The smallest absolute Gasteiger partial charge is 0.224 e. The largest absolute Gasteiger partial charge is 0.355 e. The standard InChI is InChI=1S/C12H16F2N2O.ClH/c1-8(7-15)12(17)16-3-2-9-4-10(13)6-11(14)5-9;/h4-6,8H,2-3,7,15H2,1H3,(H,16,17);1H. The molecule has 0 bridgehead atoms. The van der Waals surface area contributed by atoms with Gasteiger partial charge < -0.3 is 11.1 Å². The summed E-state index contributed by atoms with van der Waals surface area (Å²) in [6.07, 6.45) is 0.387. The summed E-state index contributed by atoms with van der Waals surface area (Å²) in [5, 5.41) is 2.66. The van der Waals surface area contributed by atoms with Crippen LogP contribution in [0.3, 0.4) is 0 Å². The van der Waals surface area contributed by atoms with Crippen molar-refractivity contribution in [1.29, 1.82) is 0 Å². The van der Waals surface area contributed by atoms with Crippen LogP contribution >= 0.6 is 12.4 Å². The number of carbonyl (C=O) groups excluding carboxylic acids is 1. The van der Waals surface area contributed by atoms with Crippen LogP contribution in [0, 0.1) is 17.6 Å². The first-order valence-electron chi connectivity index (χ1n) is 5.45. The predicted molar refractivity (Wildman–Crippen MR) is 68.5 cm³/mol. The fourth-order valence-electron chi connectivity index (χ4n) is 1.37. The highest BCUT2D eigenvalue weighted by Crippen LogP contribution is 2.08. The van der Waals surface area contributed by atoms with Gasteiger partial charge in [0.15, 0.2) is 0 Å². The molecule has 1 amide bonds. The lowest BCUT2D eigenvalue weighted by atomic mass is 10.1. The molecule has 0 aliphatic carbocycles. The van der Waals surface area contributed by atoms with Crippen LogP contribution in [-0.2, 0) is 11.2 Å². The number of carbonyl (C=O) groups is 1. The van der Waals surface area contributed by atoms with Gasteiger partial charge in [0.1, 0.15) is 11.6 Å². The second kappa shape index (κ2) is 8.00. The topological polar surface area (TPSA) is 55.1 Å². The van der Waals surface area contributed by atoms with Crippen molar-refractivity contribution in [3.8, 4) is 0 Å². The van der Waals surface area contributed by atoms with Crippen molar-refractivity contribution in [2.45, 2.75) is 13.3 Å². The van der Waals surface area contributed by atoms with Crippen LogP contribution in [0.1, 0.15) is 12.5 Å². The molecule has 6 heteroatoms. The van der Waals surface area contributed by atoms with E-state index < -0.39 is 11.6 Å². The molecule has 0 heterocycles. The first-order valence-corrected chi connectivity index (χ1v) is 5.45. The van der Waals surface area contributed by atoms with Crippen LogP contribution in [0.4, 0.5) is 8.78 Å². The van der Waals surface area contributed by atoms with E-state index in [9.17, 15) is 13.6 Å². The van der Waals surface area contributed by atoms with Crippen LogP contribution in [-0.4, -0.2) is 19.0 Å². The first kappa shape index (κ1) is 16.8. The fourth-order valence-corrected chi connectivity index (χ4v) is 1.37. The normalized spacial score (nSPS) is 11.6. The van der Waals surface area contributed by atoms with Gasteiger partial charge in [-0.15, -0.1) is 12.4 Å². The Kier molecular flexibility index (Phi) is 7.47. The van der Waals surface area contributed by atoms with E-state index in [0.29, 0.717) is 18.5 Å². The zero-order valence-corrected chi connectivity index (χ0v) is 10.9. The Morgan fingerprint density at radius 2 is 1.89 bits per heavy atom. The van der Waals surface area contributed by atoms with Gasteiger partial charge in [0.2, 0.25) is 5.91 Å². The Morgan fingerprint density at radius 3 is 2.39 bits per heavy atom. The molecule has 0 spiro atoms. The van der Waals surface area contributed by atoms with Gasteiger partial charge in [-0.25, -0.2) is 8.78 Å². The molecule has 0 aromatic heterocycles. The lowest BCUT2D eigenvalue weighted by molar-refractivity contribution is -0.124. The maximum Gasteiger partial charge on any atom is 0.224 e. The molecule has 0 aliphatic heterocycles. The SMILES string of the molecule is CC(CN)C(=O)NCCc1cc(F)cc(F)c1.Cl. The van der Waals surface area contributed by atoms with E-state index in [0.717, 1.165) is 6.07 Å². The molecule has 1 aromatic rings. The minimum Gasteiger partial charge on any atom is -0.355 e. The van der Waals surface area contributed by atoms with Crippen molar-refractivity contribution < 1.29 is 13.6 Å². The number of benzene rings is 1. The van der Waals surface area contributed by atoms with Crippen LogP contribution in [0.25, 0.3) is 0 Å². The monoisotopic (exact) mass is 278 g/mol. The highest BCUT2D eigenvalue weighted by atomic mass is 35.5. The minimum absolute atomic E-state index is 0. The Morgan fingerprint density at radius 1 is 1.33 bits per heavy atom. The van der Waals surface area contributed by atoms with Gasteiger partial charge in [0.25, 0.3) is 0 Å². The molecule has 1 unspecified atom stereocenters. The molecular formula is C12H17ClF2N2O. The van der Waals surface area contributed by atoms with Gasteiger partial charge in [-0.3, -0.25) is 4.79 Å². The summed E-state index contributed by atoms with van der Waals surface area (Å²) in [6.45, 7) is 2.34. The lowest BCUT2D eigenvalue weighted by Crippen LogP contribution is -2.34. The molecule has 18 heavy (non-hydrogen) atoms. The summed E-state index contributed by atoms with van der Waals surface area (Å²) in [4.78, 5) is 11.4. The number of nitrogens with one attached hydrogen (secondary N) is 1. The Bertz CT molecular complexity index is 381. The van der Waals surface area contributed by atoms with Gasteiger partial charge in [-0.2, -0.15) is 0 Å². The van der Waals surface area contributed by atoms with E-state index in [-0.39, 0.29) is 30.8 Å². The van der Waals surface area contributed by atoms with E-state index >= 15 is 0 Å². The third kappa shape index (κ3) is 5.42. The molecule has 0 fully saturated rings. The number of halogens is 3. The van der Waals surface area contributed by atoms with E-state index in [1.165, 1.54) is 12.1 Å². The van der Waals surface area contributed by atoms with Crippen LogP contribution in [0.15, 0.2) is 18.2 Å². The number of rotatable bonds is 5. The zero-order chi connectivity index (χ0) is 12.8. The Hall–Kier alpha value is -1.20. The molecule has 3 nitrogen and oxygen atoms in total. The van der Waals surface area contributed by atoms with Gasteiger partial charge in [0, 0.05) is 25.1 Å². The maximum atomic E-state index is 12.9. The molecule has 0 saturated carbocycles. The molecule has 1 rings (SSSR count). The molecule has 0 aliphatic rings. The van der Waals surface area contributed by atoms with Crippen molar-refractivity contribution in [2.24, 2.45) is 11.7 Å². The average Bonchev–Trinajstić information content (AvgIpc) is 2.26. The predicted octanol–water partition coefficient (Wildman–Crippen LogP) is 1.64. The molecular weight excluding hydrogens is 262 g/mol. The number of hydrogen-bond donors (Lipinski definition) is 2. The summed E-state index contributed by atoms with van der Waals surface area (Å²) >= 11 is 0. The summed E-state index contributed by atoms with van der Waals surface area (Å²) in [5.74, 6) is -1.62. The minimum atomic E-state index is -0.610. The molecule has 3 N–H and O–H groups in total. The number of hydrogen-bond acceptors (Lipinski definition) is 2. The average molecular weight is 279 g/mol. The van der Waals surface area contributed by atoms with Crippen molar-refractivity contribution in [3.63, 3.8) is 0 Å². The number of amides is 1. The van der Waals surface area contributed by atoms with Gasteiger partial charge in [-0.05, 0) is 24.1 Å². The second-order valence-corrected chi connectivity index (χ2v) is 3.96. The van der Waals surface area contributed by atoms with Gasteiger partial charge >= 0.3 is 0 Å². The number of nitrogens with two attached hydrogens (primary N) is 1. The summed E-state index contributed by atoms with van der Waals surface area (Å²) < 4.78 is 25.7. The molecule has 0 saturated heterocycles. The lowest BCUT2D eigenvalue weighted by Gasteiger charge is -2.09. The van der Waals surface area contributed by atoms with Crippen molar-refractivity contribution in [2.75, 3.05) is 13.1 Å². The summed E-state index contributed by atoms with van der Waals surface area (Å²) in [5.41, 5.74) is 5.85. The van der Waals surface area contributed by atoms with Crippen molar-refractivity contribution in [3.05, 3.63) is 35.4 Å².